The lowest BCUT2D eigenvalue weighted by molar-refractivity contribution is 1.06. The molecule has 0 amide bonds. The molecule has 0 spiro atoms. The van der Waals surface area contributed by atoms with Crippen LogP contribution in [0.25, 0.3) is 22.8 Å². The third kappa shape index (κ3) is 5.81. The van der Waals surface area contributed by atoms with Gasteiger partial charge in [-0.1, -0.05) is 60.7 Å². The van der Waals surface area contributed by atoms with Crippen molar-refractivity contribution in [1.29, 1.82) is 0 Å². The number of aromatic nitrogens is 6. The van der Waals surface area contributed by atoms with Crippen LogP contribution < -0.4 is 0 Å². The Balaban J connectivity index is 0.000000161. The molecule has 2 heterocycles. The minimum absolute atomic E-state index is 0.101. The Hall–Kier alpha value is -2.38. The molecule has 0 N–H and O–H groups in total. The van der Waals surface area contributed by atoms with Gasteiger partial charge in [-0.05, 0) is 46.4 Å². The van der Waals surface area contributed by atoms with E-state index in [-0.39, 0.29) is 21.1 Å². The standard InChI is InChI=1S/2C9H5Cl2N3/c2*10-8-12-7(13-9(11)14-8)6-4-2-1-3-5-6/h2*1-5H. The number of halogens is 4. The zero-order valence-electron chi connectivity index (χ0n) is 14.0. The first-order valence-electron chi connectivity index (χ1n) is 7.76. The maximum atomic E-state index is 5.65. The van der Waals surface area contributed by atoms with Gasteiger partial charge in [0.1, 0.15) is 0 Å². The summed E-state index contributed by atoms with van der Waals surface area (Å²) in [6, 6.07) is 18.9. The topological polar surface area (TPSA) is 77.3 Å². The monoisotopic (exact) mass is 450 g/mol. The Morgan fingerprint density at radius 2 is 0.679 bits per heavy atom. The van der Waals surface area contributed by atoms with E-state index in [0.717, 1.165) is 11.1 Å². The summed E-state index contributed by atoms with van der Waals surface area (Å²) in [5.41, 5.74) is 1.72. The van der Waals surface area contributed by atoms with Crippen LogP contribution in [-0.4, -0.2) is 29.9 Å². The highest BCUT2D eigenvalue weighted by molar-refractivity contribution is 6.31. The van der Waals surface area contributed by atoms with Crippen molar-refractivity contribution in [3.63, 3.8) is 0 Å². The van der Waals surface area contributed by atoms with Crippen molar-refractivity contribution in [2.45, 2.75) is 0 Å². The zero-order chi connectivity index (χ0) is 19.9. The molecule has 0 unspecified atom stereocenters. The molecule has 4 aromatic rings. The van der Waals surface area contributed by atoms with Gasteiger partial charge in [0.25, 0.3) is 0 Å². The van der Waals surface area contributed by atoms with Crippen molar-refractivity contribution >= 4 is 46.4 Å². The van der Waals surface area contributed by atoms with Crippen LogP contribution in [-0.2, 0) is 0 Å². The summed E-state index contributed by atoms with van der Waals surface area (Å²) in [4.78, 5) is 23.2. The summed E-state index contributed by atoms with van der Waals surface area (Å²) in [5, 5.41) is 0.403. The smallest absolute Gasteiger partial charge is 0.198 e. The molecule has 28 heavy (non-hydrogen) atoms. The average molecular weight is 452 g/mol. The lowest BCUT2D eigenvalue weighted by Crippen LogP contribution is -1.93. The molecule has 0 atom stereocenters. The molecule has 0 saturated heterocycles. The Morgan fingerprint density at radius 3 is 0.964 bits per heavy atom. The molecule has 140 valence electrons. The highest BCUT2D eigenvalue weighted by atomic mass is 35.5. The van der Waals surface area contributed by atoms with Gasteiger partial charge >= 0.3 is 0 Å². The van der Waals surface area contributed by atoms with E-state index in [4.69, 9.17) is 46.4 Å². The minimum atomic E-state index is 0.101. The molecular formula is C18H10Cl4N6. The van der Waals surface area contributed by atoms with Gasteiger partial charge in [-0.15, -0.1) is 0 Å². The van der Waals surface area contributed by atoms with Gasteiger partial charge in [0, 0.05) is 11.1 Å². The van der Waals surface area contributed by atoms with E-state index in [9.17, 15) is 0 Å². The van der Waals surface area contributed by atoms with E-state index in [1.54, 1.807) is 0 Å². The number of benzene rings is 2. The molecule has 2 aromatic heterocycles. The third-order valence-electron chi connectivity index (χ3n) is 3.23. The lowest BCUT2D eigenvalue weighted by atomic mass is 10.2. The van der Waals surface area contributed by atoms with Crippen molar-refractivity contribution in [3.05, 3.63) is 81.8 Å². The minimum Gasteiger partial charge on any atom is -0.198 e. The number of nitrogens with zero attached hydrogens (tertiary/aromatic N) is 6. The van der Waals surface area contributed by atoms with Gasteiger partial charge in [-0.3, -0.25) is 0 Å². The van der Waals surface area contributed by atoms with E-state index in [1.165, 1.54) is 0 Å². The van der Waals surface area contributed by atoms with Crippen molar-refractivity contribution in [1.82, 2.24) is 29.9 Å². The normalized spacial score (nSPS) is 10.1. The molecule has 0 bridgehead atoms. The molecule has 0 fully saturated rings. The molecule has 0 aliphatic rings. The van der Waals surface area contributed by atoms with Crippen LogP contribution in [0.5, 0.6) is 0 Å². The molecule has 2 aromatic carbocycles. The molecular weight excluding hydrogens is 442 g/mol. The van der Waals surface area contributed by atoms with Crippen molar-refractivity contribution in [2.24, 2.45) is 0 Å². The first-order valence-corrected chi connectivity index (χ1v) is 9.27. The number of rotatable bonds is 2. The molecule has 4 rings (SSSR count). The van der Waals surface area contributed by atoms with Crippen LogP contribution in [0.3, 0.4) is 0 Å². The maximum absolute atomic E-state index is 5.65. The first-order chi connectivity index (χ1) is 13.5. The predicted octanol–water partition coefficient (Wildman–Crippen LogP) is 5.69. The Morgan fingerprint density at radius 1 is 0.393 bits per heavy atom. The van der Waals surface area contributed by atoms with E-state index in [2.05, 4.69) is 29.9 Å². The van der Waals surface area contributed by atoms with Crippen LogP contribution in [0.4, 0.5) is 0 Å². The quantitative estimate of drug-likeness (QED) is 0.389. The maximum Gasteiger partial charge on any atom is 0.227 e. The van der Waals surface area contributed by atoms with E-state index in [1.807, 2.05) is 60.7 Å². The van der Waals surface area contributed by atoms with E-state index in [0.29, 0.717) is 11.6 Å². The van der Waals surface area contributed by atoms with Crippen LogP contribution in [0.2, 0.25) is 21.1 Å². The Labute approximate surface area is 180 Å². The number of hydrogen-bond donors (Lipinski definition) is 0. The molecule has 6 nitrogen and oxygen atoms in total. The molecule has 0 radical (unpaired) electrons. The molecule has 0 saturated carbocycles. The van der Waals surface area contributed by atoms with E-state index >= 15 is 0 Å². The summed E-state index contributed by atoms with van der Waals surface area (Å²) in [6.45, 7) is 0. The van der Waals surface area contributed by atoms with Crippen molar-refractivity contribution in [2.75, 3.05) is 0 Å². The molecule has 0 aliphatic carbocycles. The fraction of sp³-hybridized carbons (Fsp3) is 0. The SMILES string of the molecule is Clc1nc(Cl)nc(-c2ccccc2)n1.Clc1nc(Cl)nc(-c2ccccc2)n1. The molecule has 10 heteroatoms. The number of hydrogen-bond acceptors (Lipinski definition) is 6. The summed E-state index contributed by atoms with van der Waals surface area (Å²) in [7, 11) is 0. The van der Waals surface area contributed by atoms with Gasteiger partial charge in [-0.2, -0.15) is 29.9 Å². The summed E-state index contributed by atoms with van der Waals surface area (Å²) < 4.78 is 0. The highest BCUT2D eigenvalue weighted by Gasteiger charge is 2.05. The van der Waals surface area contributed by atoms with E-state index < -0.39 is 0 Å². The van der Waals surface area contributed by atoms with Crippen molar-refractivity contribution in [3.8, 4) is 22.8 Å². The zero-order valence-corrected chi connectivity index (χ0v) is 17.0. The fourth-order valence-corrected chi connectivity index (χ4v) is 2.81. The van der Waals surface area contributed by atoms with Gasteiger partial charge in [0.15, 0.2) is 11.6 Å². The summed E-state index contributed by atoms with van der Waals surface area (Å²) >= 11 is 22.6. The van der Waals surface area contributed by atoms with Crippen LogP contribution >= 0.6 is 46.4 Å². The second-order valence-electron chi connectivity index (χ2n) is 5.13. The van der Waals surface area contributed by atoms with Gasteiger partial charge in [0.2, 0.25) is 21.1 Å². The van der Waals surface area contributed by atoms with Crippen LogP contribution in [0.1, 0.15) is 0 Å². The van der Waals surface area contributed by atoms with Gasteiger partial charge in [-0.25, -0.2) is 0 Å². The third-order valence-corrected chi connectivity index (χ3v) is 3.90. The van der Waals surface area contributed by atoms with Gasteiger partial charge in [0.05, 0.1) is 0 Å². The Bertz CT molecular complexity index is 937. The van der Waals surface area contributed by atoms with Gasteiger partial charge < -0.3 is 0 Å². The predicted molar refractivity (Wildman–Crippen MR) is 111 cm³/mol. The average Bonchev–Trinajstić information content (AvgIpc) is 2.68. The second kappa shape index (κ2) is 9.71. The summed E-state index contributed by atoms with van der Waals surface area (Å²) in [5.74, 6) is 0.964. The Kier molecular flexibility index (Phi) is 7.06. The lowest BCUT2D eigenvalue weighted by Gasteiger charge is -1.99. The van der Waals surface area contributed by atoms with Crippen LogP contribution in [0, 0.1) is 0 Å². The highest BCUT2D eigenvalue weighted by Crippen LogP contribution is 2.18. The first kappa shape index (κ1) is 20.4. The van der Waals surface area contributed by atoms with Crippen molar-refractivity contribution < 1.29 is 0 Å². The largest absolute Gasteiger partial charge is 0.227 e. The van der Waals surface area contributed by atoms with Crippen LogP contribution in [0.15, 0.2) is 60.7 Å². The molecule has 0 aliphatic heterocycles. The fourth-order valence-electron chi connectivity index (χ4n) is 2.08. The second-order valence-corrected chi connectivity index (χ2v) is 6.48. The summed E-state index contributed by atoms with van der Waals surface area (Å²) in [6.07, 6.45) is 0.